The maximum absolute atomic E-state index is 16.1. The number of nitrogens with two attached hydrogens (primary N) is 2. The number of ether oxygens (including phenoxy) is 2. The van der Waals surface area contributed by atoms with E-state index in [9.17, 15) is 19.0 Å². The van der Waals surface area contributed by atoms with Crippen LogP contribution in [0.3, 0.4) is 0 Å². The molecule has 3 aromatic heterocycles. The van der Waals surface area contributed by atoms with Crippen LogP contribution in [0.5, 0.6) is 0 Å². The first-order chi connectivity index (χ1) is 22.1. The number of carbonyl (C=O) groups is 1. The molecule has 0 radical (unpaired) electrons. The van der Waals surface area contributed by atoms with Crippen molar-refractivity contribution in [1.29, 1.82) is 0 Å². The Balaban J connectivity index is 1.19. The van der Waals surface area contributed by atoms with E-state index in [1.54, 1.807) is 6.07 Å². The number of aliphatic hydroxyl groups excluding tert-OH is 1. The first-order valence-corrected chi connectivity index (χ1v) is 18.4. The van der Waals surface area contributed by atoms with Crippen LogP contribution < -0.4 is 11.5 Å². The zero-order valence-corrected chi connectivity index (χ0v) is 26.5. The molecule has 1 aromatic carbocycles. The predicted octanol–water partition coefficient (Wildman–Crippen LogP) is 1.61. The lowest BCUT2D eigenvalue weighted by Crippen LogP contribution is -2.35. The number of fused-ring (bicyclic) bond motifs is 5. The Bertz CT molecular complexity index is 1890. The highest BCUT2D eigenvalue weighted by atomic mass is 33.3. The fourth-order valence-electron chi connectivity index (χ4n) is 5.40. The van der Waals surface area contributed by atoms with Gasteiger partial charge in [-0.1, -0.05) is 22.9 Å². The van der Waals surface area contributed by atoms with Gasteiger partial charge in [0.25, 0.3) is 5.91 Å². The summed E-state index contributed by atoms with van der Waals surface area (Å²) in [6.07, 6.45) is -9.40. The fraction of sp³-hybridized carbons (Fsp3) is 0.455. The third-order valence-electron chi connectivity index (χ3n) is 7.55. The average Bonchev–Trinajstić information content (AvgIpc) is 3.80. The number of anilines is 1. The maximum Gasteiger partial charge on any atom is 0.698 e. The molecule has 5 N–H and O–H groups in total. The maximum atomic E-state index is 16.1. The minimum Gasteiger partial charge on any atom is -0.387 e. The molecule has 2 bridgehead atoms. The van der Waals surface area contributed by atoms with Gasteiger partial charge in [0.15, 0.2) is 36.2 Å². The molecule has 3 saturated heterocycles. The van der Waals surface area contributed by atoms with Crippen LogP contribution in [0, 0.1) is 0 Å². The number of hydrogen-bond acceptors (Lipinski definition) is 18. The normalized spacial score (nSPS) is 34.6. The largest absolute Gasteiger partial charge is 0.698 e. The van der Waals surface area contributed by atoms with Crippen LogP contribution in [0.4, 0.5) is 10.2 Å². The number of nitrogens with zero attached hydrogens (tertiary/aromatic N) is 7. The Morgan fingerprint density at radius 2 is 1.96 bits per heavy atom. The Morgan fingerprint density at radius 1 is 1.15 bits per heavy atom. The van der Waals surface area contributed by atoms with E-state index in [-0.39, 0.29) is 33.6 Å². The number of aliphatic hydroxyl groups is 1. The number of halogens is 1. The second kappa shape index (κ2) is 12.3. The summed E-state index contributed by atoms with van der Waals surface area (Å²) in [6.45, 7) is -5.44. The molecule has 2 unspecified atom stereocenters. The van der Waals surface area contributed by atoms with E-state index < -0.39 is 83.3 Å². The van der Waals surface area contributed by atoms with E-state index >= 15 is 4.39 Å². The van der Waals surface area contributed by atoms with Crippen molar-refractivity contribution in [2.45, 2.75) is 49.1 Å². The van der Waals surface area contributed by atoms with Crippen molar-refractivity contribution in [3.63, 3.8) is 0 Å². The predicted molar refractivity (Wildman–Crippen MR) is 158 cm³/mol. The third-order valence-corrected chi connectivity index (χ3v) is 12.5. The molecule has 3 aliphatic heterocycles. The number of carbonyl (C=O) groups excluding carboxylic acids is 1. The third kappa shape index (κ3) is 5.46. The molecule has 46 heavy (non-hydrogen) atoms. The zero-order valence-electron chi connectivity index (χ0n) is 23.0. The van der Waals surface area contributed by atoms with Crippen LogP contribution in [0.2, 0.25) is 0 Å². The first-order valence-electron chi connectivity index (χ1n) is 13.3. The van der Waals surface area contributed by atoms with Crippen molar-refractivity contribution in [1.82, 2.24) is 34.5 Å². The van der Waals surface area contributed by atoms with Crippen molar-refractivity contribution < 1.29 is 51.0 Å². The lowest BCUT2D eigenvalue weighted by molar-refractivity contribution is -0.0604. The number of primary amides is 1. The lowest BCUT2D eigenvalue weighted by Gasteiger charge is -2.24. The summed E-state index contributed by atoms with van der Waals surface area (Å²) < 4.78 is 79.5. The number of imidazole rings is 1. The van der Waals surface area contributed by atoms with Gasteiger partial charge in [0.1, 0.15) is 48.4 Å². The van der Waals surface area contributed by atoms with E-state index in [2.05, 4.69) is 36.9 Å². The summed E-state index contributed by atoms with van der Waals surface area (Å²) in [5.74, 6) is -0.693. The first kappa shape index (κ1) is 31.7. The Morgan fingerprint density at radius 3 is 2.74 bits per heavy atom. The highest BCUT2D eigenvalue weighted by molar-refractivity contribution is 8.93. The van der Waals surface area contributed by atoms with Gasteiger partial charge in [-0.3, -0.25) is 18.4 Å². The summed E-state index contributed by atoms with van der Waals surface area (Å²) in [4.78, 5) is 24.0. The standard InChI is InChI=1S/C22H22FN9O10P2S2/c23-12-16-11(40-21(12)31-7-28-14-18(24)26-6-27-20(14)31)4-37-43(35)41-17-15(33)10(5-38-44(36,42-16)46-45)39-22(17)32-9-3-1-2-8(19(25)34)13(9)29-30-32/h1-3,6-7,10-12,15-17,21-22,33H,4-5H2,(H4-,24,25,26,27,34,45)/p+1/t10-,11-,12-,15-,16-,17-,21-,22-,44?/m1/s1. The second-order valence-electron chi connectivity index (χ2n) is 10.2. The number of hydrogen-bond donors (Lipinski definition) is 4. The number of alkyl halides is 1. The minimum absolute atomic E-state index is 0.0577. The topological polar surface area (TPSA) is 253 Å². The number of nitrogen functional groups attached to an aromatic ring is 1. The number of benzene rings is 1. The highest BCUT2D eigenvalue weighted by Gasteiger charge is 2.56. The summed E-state index contributed by atoms with van der Waals surface area (Å²) >= 11 is 4.03. The van der Waals surface area contributed by atoms with Crippen LogP contribution in [0.1, 0.15) is 22.8 Å². The molecular formula is C22H23FN9O10P2S2+. The summed E-state index contributed by atoms with van der Waals surface area (Å²) in [5, 5.41) is 19.2. The molecule has 4 aromatic rings. The van der Waals surface area contributed by atoms with Crippen LogP contribution in [0.25, 0.3) is 22.2 Å². The van der Waals surface area contributed by atoms with Crippen molar-refractivity contribution in [2.24, 2.45) is 5.73 Å². The van der Waals surface area contributed by atoms with Crippen LogP contribution >= 0.6 is 37.1 Å². The Labute approximate surface area is 266 Å². The molecule has 24 heteroatoms. The van der Waals surface area contributed by atoms with Crippen molar-refractivity contribution in [3.05, 3.63) is 36.4 Å². The van der Waals surface area contributed by atoms with Gasteiger partial charge in [-0.2, -0.15) is 0 Å². The van der Waals surface area contributed by atoms with Crippen LogP contribution in [-0.4, -0.2) is 95.4 Å². The lowest BCUT2D eigenvalue weighted by atomic mass is 10.1. The Kier molecular flexibility index (Phi) is 8.47. The highest BCUT2D eigenvalue weighted by Crippen LogP contribution is 2.65. The molecule has 0 saturated carbocycles. The van der Waals surface area contributed by atoms with Gasteiger partial charge in [-0.05, 0) is 12.1 Å². The molecule has 244 valence electrons. The zero-order chi connectivity index (χ0) is 32.3. The molecule has 3 aliphatic rings. The SMILES string of the molecule is NC(=O)c1cccc2c1nnn2[C@@H]1O[C@@H]2COP(=O)(SS)O[C@H]3[C@@H](F)[C@H](n4cnc5c(N)ncnc54)O[C@@H]3CO[P+](=O)O[C@@H]1[C@@H]2O. The molecule has 1 amide bonds. The average molecular weight is 719 g/mol. The van der Waals surface area contributed by atoms with Crippen LogP contribution in [0.15, 0.2) is 30.9 Å². The molecule has 3 fully saturated rings. The Hall–Kier alpha value is -2.88. The molecule has 7 rings (SSSR count). The van der Waals surface area contributed by atoms with Gasteiger partial charge in [-0.25, -0.2) is 28.6 Å². The van der Waals surface area contributed by atoms with Crippen LogP contribution in [-0.2, 0) is 36.7 Å². The molecule has 10 atom stereocenters. The molecular weight excluding hydrogens is 695 g/mol. The van der Waals surface area contributed by atoms with Gasteiger partial charge in [0.05, 0.1) is 24.0 Å². The smallest absolute Gasteiger partial charge is 0.387 e. The number of aromatic nitrogens is 7. The number of amides is 1. The summed E-state index contributed by atoms with van der Waals surface area (Å²) in [7, 11) is -2.65. The van der Waals surface area contributed by atoms with Crippen molar-refractivity contribution in [3.8, 4) is 0 Å². The molecule has 0 aliphatic carbocycles. The number of rotatable bonds is 4. The monoisotopic (exact) mass is 718 g/mol. The summed E-state index contributed by atoms with van der Waals surface area (Å²) in [6, 6.07) is 4.56. The van der Waals surface area contributed by atoms with E-state index in [1.807, 2.05) is 0 Å². The summed E-state index contributed by atoms with van der Waals surface area (Å²) in [5.41, 5.74) is 12.2. The fourth-order valence-corrected chi connectivity index (χ4v) is 8.69. The second-order valence-corrected chi connectivity index (χ2v) is 15.9. The van der Waals surface area contributed by atoms with Gasteiger partial charge in [0, 0.05) is 15.0 Å². The van der Waals surface area contributed by atoms with E-state index in [1.165, 1.54) is 34.0 Å². The van der Waals surface area contributed by atoms with Gasteiger partial charge in [0.2, 0.25) is 0 Å². The minimum atomic E-state index is -4.29. The quantitative estimate of drug-likeness (QED) is 0.133. The number of thiol groups is 1. The molecule has 0 spiro atoms. The van der Waals surface area contributed by atoms with Gasteiger partial charge < -0.3 is 26.0 Å². The van der Waals surface area contributed by atoms with E-state index in [0.29, 0.717) is 10.4 Å². The van der Waals surface area contributed by atoms with Gasteiger partial charge in [-0.15, -0.1) is 14.1 Å². The molecule has 6 heterocycles. The van der Waals surface area contributed by atoms with Gasteiger partial charge >= 0.3 is 15.1 Å². The van der Waals surface area contributed by atoms with Crippen molar-refractivity contribution in [2.75, 3.05) is 18.9 Å². The van der Waals surface area contributed by atoms with E-state index in [4.69, 9.17) is 39.0 Å². The molecule has 19 nitrogen and oxygen atoms in total. The van der Waals surface area contributed by atoms with E-state index in [0.717, 1.165) is 0 Å². The van der Waals surface area contributed by atoms with Crippen molar-refractivity contribution >= 4 is 71.0 Å².